The standard InChI is InChI=1S/C13H14.C2H6/c1-3-7-12(8-4-1)11-13-9-5-2-6-10-13;1-2/h1,3-5,7-10H,2,6,11H2;1-2H3. The Morgan fingerprint density at radius 3 is 2.33 bits per heavy atom. The van der Waals surface area contributed by atoms with Crippen molar-refractivity contribution in [3.8, 4) is 0 Å². The fraction of sp³-hybridized carbons (Fsp3) is 0.333. The molecule has 0 aliphatic heterocycles. The van der Waals surface area contributed by atoms with Crippen LogP contribution in [0.5, 0.6) is 0 Å². The van der Waals surface area contributed by atoms with Gasteiger partial charge in [-0.3, -0.25) is 0 Å². The molecular weight excluding hydrogens is 180 g/mol. The molecule has 0 fully saturated rings. The van der Waals surface area contributed by atoms with Gasteiger partial charge in [0.05, 0.1) is 0 Å². The molecule has 0 nitrogen and oxygen atoms in total. The molecule has 0 heteroatoms. The first-order valence-corrected chi connectivity index (χ1v) is 5.84. The SMILES string of the molecule is C1=CC(Cc2ccccc2)=CCC1.CC. The molecule has 0 atom stereocenters. The van der Waals surface area contributed by atoms with E-state index in [1.165, 1.54) is 24.0 Å². The summed E-state index contributed by atoms with van der Waals surface area (Å²) < 4.78 is 0. The van der Waals surface area contributed by atoms with Gasteiger partial charge in [0, 0.05) is 0 Å². The van der Waals surface area contributed by atoms with Crippen molar-refractivity contribution in [3.63, 3.8) is 0 Å². The van der Waals surface area contributed by atoms with Crippen molar-refractivity contribution in [1.82, 2.24) is 0 Å². The average Bonchev–Trinajstić information content (AvgIpc) is 2.34. The van der Waals surface area contributed by atoms with E-state index in [2.05, 4.69) is 48.6 Å². The van der Waals surface area contributed by atoms with Crippen LogP contribution in [-0.2, 0) is 6.42 Å². The van der Waals surface area contributed by atoms with Crippen LogP contribution >= 0.6 is 0 Å². The molecule has 80 valence electrons. The predicted molar refractivity (Wildman–Crippen MR) is 68.0 cm³/mol. The van der Waals surface area contributed by atoms with Crippen LogP contribution in [0.25, 0.3) is 0 Å². The summed E-state index contributed by atoms with van der Waals surface area (Å²) in [6.07, 6.45) is 10.3. The normalized spacial score (nSPS) is 13.9. The van der Waals surface area contributed by atoms with Gasteiger partial charge in [-0.25, -0.2) is 0 Å². The van der Waals surface area contributed by atoms with Gasteiger partial charge in [-0.1, -0.05) is 62.4 Å². The molecule has 0 unspecified atom stereocenters. The third-order valence-corrected chi connectivity index (χ3v) is 2.32. The molecule has 0 spiro atoms. The van der Waals surface area contributed by atoms with Gasteiger partial charge in [0.15, 0.2) is 0 Å². The van der Waals surface area contributed by atoms with Gasteiger partial charge < -0.3 is 0 Å². The van der Waals surface area contributed by atoms with Crippen molar-refractivity contribution in [1.29, 1.82) is 0 Å². The first kappa shape index (κ1) is 11.8. The van der Waals surface area contributed by atoms with Gasteiger partial charge >= 0.3 is 0 Å². The lowest BCUT2D eigenvalue weighted by Crippen LogP contribution is -1.90. The van der Waals surface area contributed by atoms with Crippen molar-refractivity contribution in [2.75, 3.05) is 0 Å². The van der Waals surface area contributed by atoms with Gasteiger partial charge in [-0.15, -0.1) is 0 Å². The van der Waals surface area contributed by atoms with E-state index in [-0.39, 0.29) is 0 Å². The Hall–Kier alpha value is -1.30. The van der Waals surface area contributed by atoms with E-state index in [9.17, 15) is 0 Å². The average molecular weight is 200 g/mol. The zero-order chi connectivity index (χ0) is 10.9. The quantitative estimate of drug-likeness (QED) is 0.658. The highest BCUT2D eigenvalue weighted by Crippen LogP contribution is 2.14. The third kappa shape index (κ3) is 4.16. The molecular formula is C15H20. The van der Waals surface area contributed by atoms with E-state index in [0.29, 0.717) is 0 Å². The summed E-state index contributed by atoms with van der Waals surface area (Å²) in [5, 5.41) is 0. The number of benzene rings is 1. The Balaban J connectivity index is 0.000000531. The maximum Gasteiger partial charge on any atom is -0.00290 e. The van der Waals surface area contributed by atoms with Gasteiger partial charge in [0.2, 0.25) is 0 Å². The van der Waals surface area contributed by atoms with Crippen LogP contribution in [0.15, 0.2) is 54.1 Å². The van der Waals surface area contributed by atoms with Crippen LogP contribution in [0.3, 0.4) is 0 Å². The van der Waals surface area contributed by atoms with Crippen molar-refractivity contribution in [2.24, 2.45) is 0 Å². The second-order valence-electron chi connectivity index (χ2n) is 3.42. The van der Waals surface area contributed by atoms with E-state index in [1.807, 2.05) is 13.8 Å². The molecule has 1 aromatic rings. The highest BCUT2D eigenvalue weighted by Gasteiger charge is 1.98. The van der Waals surface area contributed by atoms with Gasteiger partial charge in [-0.2, -0.15) is 0 Å². The van der Waals surface area contributed by atoms with Gasteiger partial charge in [0.1, 0.15) is 0 Å². The summed E-state index contributed by atoms with van der Waals surface area (Å²) in [5.41, 5.74) is 2.86. The minimum Gasteiger partial charge on any atom is -0.0840 e. The van der Waals surface area contributed by atoms with Crippen LogP contribution in [-0.4, -0.2) is 0 Å². The van der Waals surface area contributed by atoms with E-state index >= 15 is 0 Å². The maximum absolute atomic E-state index is 2.34. The smallest absolute Gasteiger partial charge is 0.00290 e. The molecule has 0 amide bonds. The Labute approximate surface area is 93.3 Å². The highest BCUT2D eigenvalue weighted by molar-refractivity contribution is 5.29. The number of hydrogen-bond donors (Lipinski definition) is 0. The van der Waals surface area contributed by atoms with E-state index in [4.69, 9.17) is 0 Å². The maximum atomic E-state index is 2.34. The second kappa shape index (κ2) is 7.05. The third-order valence-electron chi connectivity index (χ3n) is 2.32. The molecule has 0 saturated heterocycles. The first-order chi connectivity index (χ1) is 7.45. The molecule has 0 radical (unpaired) electrons. The lowest BCUT2D eigenvalue weighted by Gasteiger charge is -2.06. The first-order valence-electron chi connectivity index (χ1n) is 5.84. The van der Waals surface area contributed by atoms with Crippen LogP contribution in [0.4, 0.5) is 0 Å². The molecule has 0 aromatic heterocycles. The van der Waals surface area contributed by atoms with Crippen LogP contribution < -0.4 is 0 Å². The summed E-state index contributed by atoms with van der Waals surface area (Å²) >= 11 is 0. The fourth-order valence-electron chi connectivity index (χ4n) is 1.63. The Morgan fingerprint density at radius 2 is 1.73 bits per heavy atom. The minimum absolute atomic E-state index is 1.08. The highest BCUT2D eigenvalue weighted by atomic mass is 14.0. The fourth-order valence-corrected chi connectivity index (χ4v) is 1.63. The van der Waals surface area contributed by atoms with Crippen LogP contribution in [0, 0.1) is 0 Å². The summed E-state index contributed by atoms with van der Waals surface area (Å²) in [4.78, 5) is 0. The second-order valence-corrected chi connectivity index (χ2v) is 3.42. The minimum atomic E-state index is 1.08. The molecule has 0 bridgehead atoms. The van der Waals surface area contributed by atoms with E-state index in [1.54, 1.807) is 0 Å². The summed E-state index contributed by atoms with van der Waals surface area (Å²) in [7, 11) is 0. The van der Waals surface area contributed by atoms with E-state index in [0.717, 1.165) is 6.42 Å². The Bertz CT molecular complexity index is 317. The summed E-state index contributed by atoms with van der Waals surface area (Å²) in [6.45, 7) is 4.00. The van der Waals surface area contributed by atoms with Crippen LogP contribution in [0.2, 0.25) is 0 Å². The lowest BCUT2D eigenvalue weighted by molar-refractivity contribution is 0.994. The van der Waals surface area contributed by atoms with Crippen molar-refractivity contribution < 1.29 is 0 Å². The van der Waals surface area contributed by atoms with Crippen molar-refractivity contribution >= 4 is 0 Å². The molecule has 0 heterocycles. The topological polar surface area (TPSA) is 0 Å². The molecule has 1 aliphatic rings. The number of rotatable bonds is 2. The molecule has 15 heavy (non-hydrogen) atoms. The zero-order valence-corrected chi connectivity index (χ0v) is 9.74. The lowest BCUT2D eigenvalue weighted by atomic mass is 10.00. The summed E-state index contributed by atoms with van der Waals surface area (Å²) in [5.74, 6) is 0. The van der Waals surface area contributed by atoms with Gasteiger partial charge in [-0.05, 0) is 30.4 Å². The number of hydrogen-bond acceptors (Lipinski definition) is 0. The Morgan fingerprint density at radius 1 is 1.00 bits per heavy atom. The monoisotopic (exact) mass is 200 g/mol. The van der Waals surface area contributed by atoms with Crippen LogP contribution in [0.1, 0.15) is 32.3 Å². The number of allylic oxidation sites excluding steroid dienone is 4. The zero-order valence-electron chi connectivity index (χ0n) is 9.74. The Kier molecular flexibility index (Phi) is 5.54. The molecule has 0 saturated carbocycles. The van der Waals surface area contributed by atoms with Crippen molar-refractivity contribution in [3.05, 3.63) is 59.7 Å². The molecule has 2 rings (SSSR count). The molecule has 1 aliphatic carbocycles. The van der Waals surface area contributed by atoms with E-state index < -0.39 is 0 Å². The van der Waals surface area contributed by atoms with Gasteiger partial charge in [0.25, 0.3) is 0 Å². The molecule has 0 N–H and O–H groups in total. The largest absolute Gasteiger partial charge is 0.0840 e. The molecule has 1 aromatic carbocycles. The predicted octanol–water partition coefficient (Wildman–Crippen LogP) is 4.53. The summed E-state index contributed by atoms with van der Waals surface area (Å²) in [6, 6.07) is 10.6. The van der Waals surface area contributed by atoms with Crippen molar-refractivity contribution in [2.45, 2.75) is 33.1 Å².